The summed E-state index contributed by atoms with van der Waals surface area (Å²) >= 11 is 0. The molecule has 4 aliphatic heterocycles. The minimum absolute atomic E-state index is 0.158. The summed E-state index contributed by atoms with van der Waals surface area (Å²) in [6.45, 7) is 4.21. The van der Waals surface area contributed by atoms with Gasteiger partial charge in [-0.05, 0) is 113 Å². The summed E-state index contributed by atoms with van der Waals surface area (Å²) in [4.78, 5) is 75.0. The maximum atomic E-state index is 13.9. The number of imide groups is 1. The van der Waals surface area contributed by atoms with Crippen LogP contribution < -0.4 is 30.7 Å². The Morgan fingerprint density at radius 2 is 1.68 bits per heavy atom. The van der Waals surface area contributed by atoms with Gasteiger partial charge in [-0.25, -0.2) is 0 Å². The number of hydrogen-bond acceptors (Lipinski definition) is 14. The van der Waals surface area contributed by atoms with Gasteiger partial charge in [0.1, 0.15) is 24.1 Å². The van der Waals surface area contributed by atoms with Crippen molar-refractivity contribution in [1.82, 2.24) is 40.6 Å². The lowest BCUT2D eigenvalue weighted by molar-refractivity contribution is -0.137. The number of nitrogens with one attached hydrogen (secondary N) is 5. The number of carbonyl (C=O) groups is 5. The number of amides is 5. The van der Waals surface area contributed by atoms with Crippen LogP contribution in [0.4, 0.5) is 11.4 Å². The molecule has 0 radical (unpaired) electrons. The summed E-state index contributed by atoms with van der Waals surface area (Å²) in [5.41, 5.74) is 4.20. The molecule has 71 heavy (non-hydrogen) atoms. The molecule has 9 rings (SSSR count). The number of piperidine rings is 2. The molecule has 0 aliphatic carbocycles. The number of likely N-dealkylation sites (tertiary alicyclic amines) is 1. The molecule has 1 unspecified atom stereocenters. The van der Waals surface area contributed by atoms with E-state index in [4.69, 9.17) is 18.9 Å². The van der Waals surface area contributed by atoms with Gasteiger partial charge in [0, 0.05) is 104 Å². The normalized spacial score (nSPS) is 18.5. The second kappa shape index (κ2) is 22.7. The lowest BCUT2D eigenvalue weighted by Crippen LogP contribution is -2.52. The van der Waals surface area contributed by atoms with Crippen LogP contribution in [0, 0.1) is 0 Å². The number of anilines is 2. The number of ether oxygens (including phenoxy) is 4. The van der Waals surface area contributed by atoms with Gasteiger partial charge in [-0.15, -0.1) is 10.2 Å². The van der Waals surface area contributed by atoms with E-state index >= 15 is 0 Å². The lowest BCUT2D eigenvalue weighted by atomic mass is 9.86. The zero-order valence-corrected chi connectivity index (χ0v) is 39.9. The molecular weight excluding hydrogens is 909 g/mol. The number of aromatic nitrogens is 4. The Morgan fingerprint density at radius 1 is 0.873 bits per heavy atom. The number of fused-ring (bicyclic) bond motifs is 2. The summed E-state index contributed by atoms with van der Waals surface area (Å²) in [5.74, 6) is 1.22. The molecule has 3 aromatic carbocycles. The van der Waals surface area contributed by atoms with Crippen molar-refractivity contribution in [1.29, 1.82) is 0 Å². The molecule has 6 heterocycles. The van der Waals surface area contributed by atoms with Crippen LogP contribution in [0.2, 0.25) is 0 Å². The third-order valence-electron chi connectivity index (χ3n) is 13.4. The standard InChI is InChI=1S/C52H60N10O9/c1-61-23-19-52(20-24-61,51-57-47(59-60-51)34-16-21-53-22-17-34)58-36-9-5-8-35(30-36)48(65)55-42-18-29-71-44-14-12-37(31-39(42)44)70-28-4-2-3-25-68-26-7-27-69-33-46(64)54-41-11-6-10-38-40(41)32-62(50(38)67)43-13-15-45(63)56-49(43)66/h5-6,8-12,14,16-17,21-22,30-31,42-43,58H,2-4,7,13,15,18-20,23-29,32-33H2,1H3,(H,54,64)(H,55,65)(H,56,63,66)(H,57,59,60)/t42-,43?/m0/s1. The highest BCUT2D eigenvalue weighted by Crippen LogP contribution is 2.38. The SMILES string of the molecule is CN1CCC(Nc2cccc(C(=O)N[C@H]3CCOc4ccc(OCCCCCOCCCOCC(=O)Nc5cccc6c5CN(C5CCC(=O)NC5=O)C6=O)cc43)c2)(c2nnc(-c3ccncc3)[nH]2)CC1. The van der Waals surface area contributed by atoms with Gasteiger partial charge < -0.3 is 49.7 Å². The first-order valence-corrected chi connectivity index (χ1v) is 24.4. The third kappa shape index (κ3) is 11.9. The highest BCUT2D eigenvalue weighted by Gasteiger charge is 2.41. The Balaban J connectivity index is 0.669. The molecule has 19 nitrogen and oxygen atoms in total. The van der Waals surface area contributed by atoms with Crippen LogP contribution >= 0.6 is 0 Å². The van der Waals surface area contributed by atoms with Gasteiger partial charge in [0.25, 0.3) is 11.8 Å². The number of rotatable bonds is 21. The first-order chi connectivity index (χ1) is 34.6. The highest BCUT2D eigenvalue weighted by molar-refractivity contribution is 6.07. The van der Waals surface area contributed by atoms with Crippen LogP contribution in [0.3, 0.4) is 0 Å². The summed E-state index contributed by atoms with van der Waals surface area (Å²) in [6, 6.07) is 21.2. The van der Waals surface area contributed by atoms with Crippen LogP contribution in [0.15, 0.2) is 85.2 Å². The predicted octanol–water partition coefficient (Wildman–Crippen LogP) is 5.53. The van der Waals surface area contributed by atoms with Crippen molar-refractivity contribution in [3.63, 3.8) is 0 Å². The largest absolute Gasteiger partial charge is 0.494 e. The van der Waals surface area contributed by atoms with Gasteiger partial charge in [0.15, 0.2) is 11.6 Å². The number of H-pyrrole nitrogens is 1. The molecule has 5 aromatic rings. The first kappa shape index (κ1) is 48.8. The van der Waals surface area contributed by atoms with Gasteiger partial charge >= 0.3 is 0 Å². The number of unbranched alkanes of at least 4 members (excludes halogenated alkanes) is 2. The van der Waals surface area contributed by atoms with Crippen molar-refractivity contribution in [3.05, 3.63) is 113 Å². The number of carbonyl (C=O) groups excluding carboxylic acids is 5. The van der Waals surface area contributed by atoms with Crippen molar-refractivity contribution in [3.8, 4) is 22.9 Å². The van der Waals surface area contributed by atoms with Crippen molar-refractivity contribution in [2.75, 3.05) is 70.4 Å². The molecule has 0 saturated carbocycles. The minimum Gasteiger partial charge on any atom is -0.494 e. The van der Waals surface area contributed by atoms with E-state index in [9.17, 15) is 24.0 Å². The van der Waals surface area contributed by atoms with Gasteiger partial charge in [0.05, 0.1) is 24.8 Å². The quantitative estimate of drug-likeness (QED) is 0.0450. The van der Waals surface area contributed by atoms with Gasteiger partial charge in [-0.2, -0.15) is 0 Å². The zero-order valence-electron chi connectivity index (χ0n) is 39.9. The molecular formula is C52H60N10O9. The van der Waals surface area contributed by atoms with Crippen LogP contribution in [0.5, 0.6) is 11.5 Å². The highest BCUT2D eigenvalue weighted by atomic mass is 16.5. The first-order valence-electron chi connectivity index (χ1n) is 24.4. The minimum atomic E-state index is -0.733. The molecule has 5 N–H and O–H groups in total. The van der Waals surface area contributed by atoms with E-state index < -0.39 is 17.5 Å². The molecule has 0 bridgehead atoms. The zero-order chi connectivity index (χ0) is 49.2. The maximum absolute atomic E-state index is 13.9. The molecule has 372 valence electrons. The fourth-order valence-corrected chi connectivity index (χ4v) is 9.50. The van der Waals surface area contributed by atoms with E-state index in [1.165, 1.54) is 4.90 Å². The molecule has 19 heteroatoms. The number of aromatic amines is 1. The molecule has 2 fully saturated rings. The number of benzene rings is 3. The summed E-state index contributed by atoms with van der Waals surface area (Å²) < 4.78 is 23.5. The molecule has 4 aliphatic rings. The molecule has 2 aromatic heterocycles. The maximum Gasteiger partial charge on any atom is 0.255 e. The van der Waals surface area contributed by atoms with E-state index in [-0.39, 0.29) is 55.7 Å². The summed E-state index contributed by atoms with van der Waals surface area (Å²) in [6.07, 6.45) is 9.38. The Bertz CT molecular complexity index is 2710. The van der Waals surface area contributed by atoms with E-state index in [0.29, 0.717) is 79.8 Å². The number of nitrogens with zero attached hydrogens (tertiary/aromatic N) is 5. The van der Waals surface area contributed by atoms with Crippen molar-refractivity contribution in [2.45, 2.75) is 82.0 Å². The van der Waals surface area contributed by atoms with Gasteiger partial charge in [-0.1, -0.05) is 12.1 Å². The van der Waals surface area contributed by atoms with E-state index in [1.807, 2.05) is 54.6 Å². The number of pyridine rings is 1. The van der Waals surface area contributed by atoms with Crippen LogP contribution in [-0.4, -0.2) is 125 Å². The predicted molar refractivity (Wildman–Crippen MR) is 262 cm³/mol. The molecule has 2 saturated heterocycles. The van der Waals surface area contributed by atoms with Crippen LogP contribution in [0.1, 0.15) is 101 Å². The monoisotopic (exact) mass is 968 g/mol. The second-order valence-corrected chi connectivity index (χ2v) is 18.4. The fraction of sp³-hybridized carbons (Fsp3) is 0.423. The van der Waals surface area contributed by atoms with E-state index in [1.54, 1.807) is 30.6 Å². The topological polar surface area (TPSA) is 231 Å². The second-order valence-electron chi connectivity index (χ2n) is 18.4. The van der Waals surface area contributed by atoms with Crippen LogP contribution in [0.25, 0.3) is 11.4 Å². The smallest absolute Gasteiger partial charge is 0.255 e. The lowest BCUT2D eigenvalue weighted by Gasteiger charge is -2.40. The van der Waals surface area contributed by atoms with E-state index in [0.717, 1.165) is 73.6 Å². The Hall–Kier alpha value is -7.22. The Kier molecular flexibility index (Phi) is 15.6. The molecule has 5 amide bonds. The van der Waals surface area contributed by atoms with Crippen molar-refractivity contribution >= 4 is 40.9 Å². The fourth-order valence-electron chi connectivity index (χ4n) is 9.50. The molecule has 2 atom stereocenters. The van der Waals surface area contributed by atoms with Gasteiger partial charge in [-0.3, -0.25) is 34.3 Å². The number of hydrogen-bond donors (Lipinski definition) is 5. The van der Waals surface area contributed by atoms with Gasteiger partial charge in [0.2, 0.25) is 17.7 Å². The average Bonchev–Trinajstić information content (AvgIpc) is 4.02. The third-order valence-corrected chi connectivity index (χ3v) is 13.4. The Morgan fingerprint density at radius 3 is 2.52 bits per heavy atom. The van der Waals surface area contributed by atoms with E-state index in [2.05, 4.69) is 53.4 Å². The molecule has 0 spiro atoms. The van der Waals surface area contributed by atoms with Crippen molar-refractivity contribution in [2.24, 2.45) is 0 Å². The van der Waals surface area contributed by atoms with Crippen LogP contribution in [-0.2, 0) is 35.9 Å². The summed E-state index contributed by atoms with van der Waals surface area (Å²) in [5, 5.41) is 21.2. The average molecular weight is 969 g/mol. The summed E-state index contributed by atoms with van der Waals surface area (Å²) in [7, 11) is 2.12. The van der Waals surface area contributed by atoms with Crippen molar-refractivity contribution < 1.29 is 42.9 Å². The Labute approximate surface area is 411 Å².